The molecule has 0 radical (unpaired) electrons. The normalized spacial score (nSPS) is 11.8. The van der Waals surface area contributed by atoms with Gasteiger partial charge in [0.2, 0.25) is 0 Å². The summed E-state index contributed by atoms with van der Waals surface area (Å²) in [6.45, 7) is 6.58. The second-order valence-corrected chi connectivity index (χ2v) is 7.66. The lowest BCUT2D eigenvalue weighted by Crippen LogP contribution is -2.37. The SMILES string of the molecule is CC(=O)Cc1ccc(N(Cc2ccc(C(F)(F)F)cc2)C(=O)OC(C)(C)C)nc1. The summed E-state index contributed by atoms with van der Waals surface area (Å²) in [4.78, 5) is 29.4. The molecule has 0 aliphatic rings. The molecule has 0 fully saturated rings. The predicted octanol–water partition coefficient (Wildman–Crippen LogP) is 5.17. The van der Waals surface area contributed by atoms with Crippen molar-refractivity contribution in [3.8, 4) is 0 Å². The Morgan fingerprint density at radius 2 is 1.59 bits per heavy atom. The van der Waals surface area contributed by atoms with Crippen LogP contribution in [0.25, 0.3) is 0 Å². The zero-order chi connectivity index (χ0) is 21.8. The van der Waals surface area contributed by atoms with Crippen LogP contribution in [-0.4, -0.2) is 22.5 Å². The van der Waals surface area contributed by atoms with Gasteiger partial charge in [0.25, 0.3) is 0 Å². The number of nitrogens with zero attached hydrogens (tertiary/aromatic N) is 2. The lowest BCUT2D eigenvalue weighted by atomic mass is 10.1. The van der Waals surface area contributed by atoms with Gasteiger partial charge in [-0.1, -0.05) is 18.2 Å². The Balaban J connectivity index is 2.30. The number of carbonyl (C=O) groups is 2. The van der Waals surface area contributed by atoms with E-state index in [1.54, 1.807) is 32.9 Å². The summed E-state index contributed by atoms with van der Waals surface area (Å²) in [5.41, 5.74) is -0.348. The summed E-state index contributed by atoms with van der Waals surface area (Å²) in [6.07, 6.45) is -3.40. The molecule has 1 amide bonds. The van der Waals surface area contributed by atoms with Gasteiger partial charge in [0.15, 0.2) is 0 Å². The number of hydrogen-bond acceptors (Lipinski definition) is 4. The average Bonchev–Trinajstić information content (AvgIpc) is 2.58. The largest absolute Gasteiger partial charge is 0.443 e. The van der Waals surface area contributed by atoms with Crippen LogP contribution in [-0.2, 0) is 28.7 Å². The number of carbonyl (C=O) groups excluding carboxylic acids is 2. The highest BCUT2D eigenvalue weighted by atomic mass is 19.4. The van der Waals surface area contributed by atoms with Crippen molar-refractivity contribution < 1.29 is 27.5 Å². The molecule has 1 aromatic heterocycles. The minimum absolute atomic E-state index is 0.0201. The minimum Gasteiger partial charge on any atom is -0.443 e. The van der Waals surface area contributed by atoms with Crippen LogP contribution in [0.2, 0.25) is 0 Å². The topological polar surface area (TPSA) is 59.5 Å². The van der Waals surface area contributed by atoms with E-state index >= 15 is 0 Å². The van der Waals surface area contributed by atoms with Crippen LogP contribution in [0.15, 0.2) is 42.6 Å². The molecule has 8 heteroatoms. The lowest BCUT2D eigenvalue weighted by Gasteiger charge is -2.27. The predicted molar refractivity (Wildman–Crippen MR) is 102 cm³/mol. The number of pyridine rings is 1. The fraction of sp³-hybridized carbons (Fsp3) is 0.381. The molecule has 1 heterocycles. The monoisotopic (exact) mass is 408 g/mol. The Labute approximate surface area is 167 Å². The molecule has 0 saturated heterocycles. The number of ketones is 1. The summed E-state index contributed by atoms with van der Waals surface area (Å²) in [5.74, 6) is 0.250. The maximum absolute atomic E-state index is 12.8. The van der Waals surface area contributed by atoms with E-state index in [1.807, 2.05) is 0 Å². The number of Topliss-reactive ketones (excluding diaryl/α,β-unsaturated/α-hetero) is 1. The second kappa shape index (κ2) is 8.63. The summed E-state index contributed by atoms with van der Waals surface area (Å²) in [5, 5.41) is 0. The number of ether oxygens (including phenoxy) is 1. The maximum atomic E-state index is 12.8. The highest BCUT2D eigenvalue weighted by Gasteiger charge is 2.30. The van der Waals surface area contributed by atoms with Crippen molar-refractivity contribution in [3.63, 3.8) is 0 Å². The number of halogens is 3. The van der Waals surface area contributed by atoms with Gasteiger partial charge in [-0.25, -0.2) is 9.78 Å². The molecule has 2 aromatic rings. The van der Waals surface area contributed by atoms with Crippen molar-refractivity contribution in [2.24, 2.45) is 0 Å². The molecule has 1 aromatic carbocycles. The van der Waals surface area contributed by atoms with Gasteiger partial charge >= 0.3 is 12.3 Å². The molecule has 0 bridgehead atoms. The number of benzene rings is 1. The smallest absolute Gasteiger partial charge is 0.416 e. The van der Waals surface area contributed by atoms with E-state index in [2.05, 4.69) is 4.98 Å². The first-order valence-electron chi connectivity index (χ1n) is 8.96. The molecule has 2 rings (SSSR count). The van der Waals surface area contributed by atoms with Gasteiger partial charge in [-0.2, -0.15) is 13.2 Å². The molecule has 0 aliphatic heterocycles. The van der Waals surface area contributed by atoms with E-state index in [0.29, 0.717) is 11.1 Å². The molecule has 0 N–H and O–H groups in total. The van der Waals surface area contributed by atoms with Crippen LogP contribution >= 0.6 is 0 Å². The van der Waals surface area contributed by atoms with Crippen molar-refractivity contribution in [2.75, 3.05) is 4.90 Å². The molecule has 0 spiro atoms. The molecular weight excluding hydrogens is 385 g/mol. The Morgan fingerprint density at radius 3 is 2.03 bits per heavy atom. The first-order valence-corrected chi connectivity index (χ1v) is 8.96. The van der Waals surface area contributed by atoms with E-state index in [-0.39, 0.29) is 24.6 Å². The van der Waals surface area contributed by atoms with Gasteiger partial charge in [-0.15, -0.1) is 0 Å². The summed E-state index contributed by atoms with van der Waals surface area (Å²) < 4.78 is 43.7. The lowest BCUT2D eigenvalue weighted by molar-refractivity contribution is -0.137. The van der Waals surface area contributed by atoms with Crippen LogP contribution in [0.3, 0.4) is 0 Å². The number of aromatic nitrogens is 1. The molecular formula is C21H23F3N2O3. The Bertz CT molecular complexity index is 855. The molecule has 0 atom stereocenters. The zero-order valence-corrected chi connectivity index (χ0v) is 16.7. The number of rotatable bonds is 5. The van der Waals surface area contributed by atoms with Gasteiger partial charge in [0.05, 0.1) is 12.1 Å². The third-order valence-electron chi connectivity index (χ3n) is 3.77. The fourth-order valence-corrected chi connectivity index (χ4v) is 2.51. The quantitative estimate of drug-likeness (QED) is 0.685. The van der Waals surface area contributed by atoms with Gasteiger partial charge in [-0.05, 0) is 57.0 Å². The number of hydrogen-bond donors (Lipinski definition) is 0. The van der Waals surface area contributed by atoms with Gasteiger partial charge in [0.1, 0.15) is 17.2 Å². The first kappa shape index (κ1) is 22.4. The van der Waals surface area contributed by atoms with Crippen LogP contribution in [0.1, 0.15) is 44.4 Å². The van der Waals surface area contributed by atoms with Crippen molar-refractivity contribution in [3.05, 3.63) is 59.3 Å². The molecule has 29 heavy (non-hydrogen) atoms. The molecule has 0 aliphatic carbocycles. The van der Waals surface area contributed by atoms with Crippen molar-refractivity contribution >= 4 is 17.7 Å². The summed E-state index contributed by atoms with van der Waals surface area (Å²) >= 11 is 0. The Kier molecular flexibility index (Phi) is 6.66. The fourth-order valence-electron chi connectivity index (χ4n) is 2.51. The van der Waals surface area contributed by atoms with Crippen LogP contribution in [0.5, 0.6) is 0 Å². The van der Waals surface area contributed by atoms with Crippen LogP contribution in [0, 0.1) is 0 Å². The van der Waals surface area contributed by atoms with E-state index in [0.717, 1.165) is 12.1 Å². The van der Waals surface area contributed by atoms with Gasteiger partial charge in [0, 0.05) is 12.6 Å². The first-order chi connectivity index (χ1) is 13.3. The van der Waals surface area contributed by atoms with E-state index in [9.17, 15) is 22.8 Å². The number of amides is 1. The van der Waals surface area contributed by atoms with Crippen molar-refractivity contribution in [1.29, 1.82) is 0 Å². The third kappa shape index (κ3) is 6.89. The van der Waals surface area contributed by atoms with E-state index in [4.69, 9.17) is 4.74 Å². The van der Waals surface area contributed by atoms with Crippen molar-refractivity contribution in [2.45, 2.75) is 52.4 Å². The van der Waals surface area contributed by atoms with Gasteiger partial charge < -0.3 is 4.74 Å². The third-order valence-corrected chi connectivity index (χ3v) is 3.77. The van der Waals surface area contributed by atoms with Crippen LogP contribution in [0.4, 0.5) is 23.8 Å². The van der Waals surface area contributed by atoms with E-state index < -0.39 is 23.4 Å². The highest BCUT2D eigenvalue weighted by molar-refractivity contribution is 5.86. The zero-order valence-electron chi connectivity index (χ0n) is 16.7. The number of anilines is 1. The van der Waals surface area contributed by atoms with Crippen LogP contribution < -0.4 is 4.90 Å². The molecule has 156 valence electrons. The molecule has 5 nitrogen and oxygen atoms in total. The Hall–Kier alpha value is -2.90. The van der Waals surface area contributed by atoms with E-state index in [1.165, 1.54) is 30.2 Å². The maximum Gasteiger partial charge on any atom is 0.416 e. The minimum atomic E-state index is -4.43. The van der Waals surface area contributed by atoms with Crippen molar-refractivity contribution in [1.82, 2.24) is 4.98 Å². The highest BCUT2D eigenvalue weighted by Crippen LogP contribution is 2.29. The summed E-state index contributed by atoms with van der Waals surface area (Å²) in [7, 11) is 0. The molecule has 0 saturated carbocycles. The van der Waals surface area contributed by atoms with Gasteiger partial charge in [-0.3, -0.25) is 9.69 Å². The second-order valence-electron chi connectivity index (χ2n) is 7.66. The number of alkyl halides is 3. The summed E-state index contributed by atoms with van der Waals surface area (Å²) in [6, 6.07) is 7.80. The Morgan fingerprint density at radius 1 is 1.00 bits per heavy atom. The standard InChI is InChI=1S/C21H23F3N2O3/c1-14(27)11-16-7-10-18(25-12-16)26(19(28)29-20(2,3)4)13-15-5-8-17(9-6-15)21(22,23)24/h5-10,12H,11,13H2,1-4H3. The average molecular weight is 408 g/mol. The molecule has 0 unspecified atom stereocenters.